The Labute approximate surface area is 256 Å². The maximum atomic E-state index is 6.84. The highest BCUT2D eigenvalue weighted by atomic mass is 16.3. The lowest BCUT2D eigenvalue weighted by molar-refractivity contribution is 0.666. The fraction of sp³-hybridized carbons (Fsp3) is 0. The summed E-state index contributed by atoms with van der Waals surface area (Å²) in [4.78, 5) is 0. The quantitative estimate of drug-likeness (QED) is 0.183. The molecule has 3 aromatic heterocycles. The highest BCUT2D eigenvalue weighted by Gasteiger charge is 2.21. The maximum Gasteiger partial charge on any atom is 0.159 e. The average Bonchev–Trinajstić information content (AvgIpc) is 3.76. The van der Waals surface area contributed by atoms with Crippen molar-refractivity contribution in [2.24, 2.45) is 0 Å². The molecular weight excluding hydrogens is 550 g/mol. The SMILES string of the molecule is c1ccc2c(c1)ccc1ccc3c4cc5c(cc4oc3c12)c1c2ccccc2ccc1n5-c1cccc2c1oc1ccccc12. The lowest BCUT2D eigenvalue weighted by Crippen LogP contribution is -1.94. The van der Waals surface area contributed by atoms with Crippen molar-refractivity contribution in [1.82, 2.24) is 4.57 Å². The minimum atomic E-state index is 0.889. The van der Waals surface area contributed by atoms with Gasteiger partial charge in [0.1, 0.15) is 16.7 Å². The van der Waals surface area contributed by atoms with E-state index in [1.165, 1.54) is 32.3 Å². The van der Waals surface area contributed by atoms with Crippen LogP contribution in [0.5, 0.6) is 0 Å². The molecule has 0 unspecified atom stereocenters. The number of hydrogen-bond acceptors (Lipinski definition) is 2. The molecule has 0 aliphatic carbocycles. The molecule has 208 valence electrons. The predicted octanol–water partition coefficient (Wildman–Crippen LogP) is 12.0. The van der Waals surface area contributed by atoms with E-state index in [9.17, 15) is 0 Å². The Bertz CT molecular complexity index is 3040. The van der Waals surface area contributed by atoms with Crippen LogP contribution in [0.2, 0.25) is 0 Å². The van der Waals surface area contributed by atoms with E-state index >= 15 is 0 Å². The second-order valence-electron chi connectivity index (χ2n) is 12.1. The number of fused-ring (bicyclic) bond motifs is 15. The van der Waals surface area contributed by atoms with E-state index in [0.29, 0.717) is 0 Å². The average molecular weight is 574 g/mol. The Hall–Kier alpha value is -6.06. The first kappa shape index (κ1) is 23.4. The molecule has 45 heavy (non-hydrogen) atoms. The number of furan rings is 2. The zero-order chi connectivity index (χ0) is 29.2. The van der Waals surface area contributed by atoms with Crippen molar-refractivity contribution in [2.75, 3.05) is 0 Å². The van der Waals surface area contributed by atoms with Crippen molar-refractivity contribution < 1.29 is 8.83 Å². The molecule has 0 aliphatic rings. The molecule has 0 spiro atoms. The van der Waals surface area contributed by atoms with E-state index in [-0.39, 0.29) is 0 Å². The van der Waals surface area contributed by atoms with Crippen molar-refractivity contribution in [3.8, 4) is 5.69 Å². The normalized spacial score (nSPS) is 12.4. The second kappa shape index (κ2) is 8.31. The summed E-state index contributed by atoms with van der Waals surface area (Å²) in [5.74, 6) is 0. The molecule has 0 radical (unpaired) electrons. The van der Waals surface area contributed by atoms with Crippen LogP contribution in [0, 0.1) is 0 Å². The van der Waals surface area contributed by atoms with Crippen molar-refractivity contribution in [2.45, 2.75) is 0 Å². The molecule has 3 heteroatoms. The van der Waals surface area contributed by atoms with Crippen LogP contribution in [-0.2, 0) is 0 Å². The van der Waals surface area contributed by atoms with Gasteiger partial charge in [-0.25, -0.2) is 0 Å². The molecular formula is C42H23NO2. The van der Waals surface area contributed by atoms with E-state index in [0.717, 1.165) is 71.4 Å². The minimum absolute atomic E-state index is 0.889. The van der Waals surface area contributed by atoms with Gasteiger partial charge >= 0.3 is 0 Å². The largest absolute Gasteiger partial charge is 0.455 e. The Morgan fingerprint density at radius 3 is 1.87 bits per heavy atom. The fourth-order valence-electron chi connectivity index (χ4n) is 7.77. The van der Waals surface area contributed by atoms with Crippen LogP contribution < -0.4 is 0 Å². The highest BCUT2D eigenvalue weighted by molar-refractivity contribution is 6.27. The zero-order valence-corrected chi connectivity index (χ0v) is 24.0. The molecule has 0 saturated heterocycles. The van der Waals surface area contributed by atoms with Gasteiger partial charge in [0.25, 0.3) is 0 Å². The van der Waals surface area contributed by atoms with Gasteiger partial charge in [-0.05, 0) is 63.3 Å². The number of para-hydroxylation sites is 2. The monoisotopic (exact) mass is 573 g/mol. The molecule has 3 heterocycles. The molecule has 0 bridgehead atoms. The molecule has 8 aromatic carbocycles. The molecule has 0 N–H and O–H groups in total. The molecule has 11 rings (SSSR count). The number of aromatic nitrogens is 1. The Balaban J connectivity index is 1.34. The standard InChI is InChI=1S/C42H23NO2/c1-3-10-27-24(8-1)16-17-26-18-20-31-32-22-36-33(23-38(32)45-42(31)39(26)27)40-28-11-4-2-9-25(28)19-21-34(40)43(36)35-14-7-13-30-29-12-5-6-15-37(29)44-41(30)35/h1-23H. The first-order valence-corrected chi connectivity index (χ1v) is 15.4. The van der Waals surface area contributed by atoms with Gasteiger partial charge in [-0.1, -0.05) is 103 Å². The molecule has 0 amide bonds. The Morgan fingerprint density at radius 1 is 0.356 bits per heavy atom. The Morgan fingerprint density at radius 2 is 1.00 bits per heavy atom. The summed E-state index contributed by atoms with van der Waals surface area (Å²) in [6, 6.07) is 49.9. The maximum absolute atomic E-state index is 6.84. The van der Waals surface area contributed by atoms with Gasteiger partial charge < -0.3 is 13.4 Å². The zero-order valence-electron chi connectivity index (χ0n) is 24.0. The molecule has 0 fully saturated rings. The summed E-state index contributed by atoms with van der Waals surface area (Å²) in [6.45, 7) is 0. The third-order valence-corrected chi connectivity index (χ3v) is 9.75. The smallest absolute Gasteiger partial charge is 0.159 e. The number of rotatable bonds is 1. The fourth-order valence-corrected chi connectivity index (χ4v) is 7.77. The molecule has 0 aliphatic heterocycles. The summed E-state index contributed by atoms with van der Waals surface area (Å²) in [5, 5.41) is 14.1. The topological polar surface area (TPSA) is 31.2 Å². The van der Waals surface area contributed by atoms with Crippen LogP contribution in [0.25, 0.3) is 104 Å². The summed E-state index contributed by atoms with van der Waals surface area (Å²) in [6.07, 6.45) is 0. The lowest BCUT2D eigenvalue weighted by Gasteiger charge is -2.09. The van der Waals surface area contributed by atoms with Crippen molar-refractivity contribution >= 4 is 98.0 Å². The first-order valence-electron chi connectivity index (χ1n) is 15.4. The van der Waals surface area contributed by atoms with Crippen LogP contribution in [0.1, 0.15) is 0 Å². The molecule has 3 nitrogen and oxygen atoms in total. The number of nitrogens with zero attached hydrogens (tertiary/aromatic N) is 1. The van der Waals surface area contributed by atoms with Gasteiger partial charge in [-0.3, -0.25) is 0 Å². The van der Waals surface area contributed by atoms with Crippen LogP contribution in [-0.4, -0.2) is 4.57 Å². The molecule has 11 aromatic rings. The third-order valence-electron chi connectivity index (χ3n) is 9.75. The van der Waals surface area contributed by atoms with Gasteiger partial charge in [0.2, 0.25) is 0 Å². The number of benzene rings is 8. The van der Waals surface area contributed by atoms with Crippen LogP contribution in [0.15, 0.2) is 148 Å². The van der Waals surface area contributed by atoms with Crippen molar-refractivity contribution in [3.63, 3.8) is 0 Å². The van der Waals surface area contributed by atoms with Crippen LogP contribution in [0.4, 0.5) is 0 Å². The van der Waals surface area contributed by atoms with Crippen LogP contribution >= 0.6 is 0 Å². The van der Waals surface area contributed by atoms with Crippen LogP contribution in [0.3, 0.4) is 0 Å². The third kappa shape index (κ3) is 2.99. The van der Waals surface area contributed by atoms with E-state index in [4.69, 9.17) is 8.83 Å². The van der Waals surface area contributed by atoms with Gasteiger partial charge in [0, 0.05) is 37.7 Å². The van der Waals surface area contributed by atoms with E-state index in [1.807, 2.05) is 12.1 Å². The molecule has 0 saturated carbocycles. The highest BCUT2D eigenvalue weighted by Crippen LogP contribution is 2.44. The van der Waals surface area contributed by atoms with Crippen molar-refractivity contribution in [3.05, 3.63) is 140 Å². The van der Waals surface area contributed by atoms with Gasteiger partial charge in [0.05, 0.1) is 16.7 Å². The summed E-state index contributed by atoms with van der Waals surface area (Å²) >= 11 is 0. The van der Waals surface area contributed by atoms with E-state index < -0.39 is 0 Å². The van der Waals surface area contributed by atoms with E-state index in [1.54, 1.807) is 0 Å². The minimum Gasteiger partial charge on any atom is -0.455 e. The number of hydrogen-bond donors (Lipinski definition) is 0. The lowest BCUT2D eigenvalue weighted by atomic mass is 9.99. The van der Waals surface area contributed by atoms with Crippen molar-refractivity contribution in [1.29, 1.82) is 0 Å². The summed E-state index contributed by atoms with van der Waals surface area (Å²) < 4.78 is 15.8. The summed E-state index contributed by atoms with van der Waals surface area (Å²) in [5.41, 5.74) is 6.92. The predicted molar refractivity (Wildman–Crippen MR) is 188 cm³/mol. The molecule has 0 atom stereocenters. The van der Waals surface area contributed by atoms with Gasteiger partial charge in [-0.15, -0.1) is 0 Å². The second-order valence-corrected chi connectivity index (χ2v) is 12.1. The first-order chi connectivity index (χ1) is 22.3. The summed E-state index contributed by atoms with van der Waals surface area (Å²) in [7, 11) is 0. The van der Waals surface area contributed by atoms with Gasteiger partial charge in [0.15, 0.2) is 5.58 Å². The van der Waals surface area contributed by atoms with E-state index in [2.05, 4.69) is 132 Å². The van der Waals surface area contributed by atoms with Gasteiger partial charge in [-0.2, -0.15) is 0 Å². The Kier molecular flexibility index (Phi) is 4.32.